The number of hydrogen-bond acceptors (Lipinski definition) is 9. The number of aliphatic hydroxyl groups is 3. The quantitative estimate of drug-likeness (QED) is 0.123. The van der Waals surface area contributed by atoms with Gasteiger partial charge in [-0.1, -0.05) is 67.5 Å². The van der Waals surface area contributed by atoms with Crippen LogP contribution in [-0.4, -0.2) is 72.9 Å². The monoisotopic (exact) mass is 733 g/mol. The van der Waals surface area contributed by atoms with E-state index in [-0.39, 0.29) is 12.3 Å². The molecule has 5 fully saturated rings. The van der Waals surface area contributed by atoms with E-state index >= 15 is 0 Å². The molecule has 4 saturated heterocycles. The van der Waals surface area contributed by atoms with Gasteiger partial charge in [0.1, 0.15) is 0 Å². The number of allylic oxidation sites excluding steroid dienone is 4. The molecule has 1 saturated carbocycles. The summed E-state index contributed by atoms with van der Waals surface area (Å²) in [5, 5.41) is 26.1. The lowest BCUT2D eigenvalue weighted by Crippen LogP contribution is -2.25. The molecule has 1 aromatic rings. The zero-order valence-corrected chi connectivity index (χ0v) is 32.3. The van der Waals surface area contributed by atoms with Gasteiger partial charge in [0, 0.05) is 32.7 Å². The van der Waals surface area contributed by atoms with Crippen LogP contribution in [0.3, 0.4) is 0 Å². The molecule has 3 N–H and O–H groups in total. The second-order valence-corrected chi connectivity index (χ2v) is 14.1. The predicted octanol–water partition coefficient (Wildman–Crippen LogP) is 9.07. The zero-order valence-electron chi connectivity index (χ0n) is 32.3. The van der Waals surface area contributed by atoms with E-state index < -0.39 is 18.9 Å². The number of aryl methyl sites for hydroxylation is 1. The third kappa shape index (κ3) is 26.6. The standard InChI is InChI=1S/C16H22.C12H20O3.3C5H10O2/c1-3-9-15(10-4-1)11-5-2-6-12-16-13-7-8-14-16;1-2-3-4-5-8-11(13)15-12-9-6-7-10-14-12;3*6-5-3-1-2-4-7-5/h1,3-4,6,9-10,12,16H,2,5,7-8,11,13-14H2;2-3,12H,4-10H2,1H3;3*5-6H,1-4H2/b12-6+;3-2-;;;. The average molecular weight is 733 g/mol. The molecule has 0 radical (unpaired) electrons. The smallest absolute Gasteiger partial charge is 0.308 e. The predicted molar refractivity (Wildman–Crippen MR) is 206 cm³/mol. The average Bonchev–Trinajstić information content (AvgIpc) is 3.70. The van der Waals surface area contributed by atoms with Crippen LogP contribution in [-0.2, 0) is 34.9 Å². The van der Waals surface area contributed by atoms with Gasteiger partial charge in [0.25, 0.3) is 0 Å². The summed E-state index contributed by atoms with van der Waals surface area (Å²) in [5.41, 5.74) is 1.47. The summed E-state index contributed by atoms with van der Waals surface area (Å²) in [7, 11) is 0. The van der Waals surface area contributed by atoms with E-state index in [9.17, 15) is 4.79 Å². The van der Waals surface area contributed by atoms with E-state index in [1.807, 2.05) is 13.0 Å². The molecule has 4 aliphatic heterocycles. The van der Waals surface area contributed by atoms with Crippen LogP contribution in [0.1, 0.15) is 147 Å². The summed E-state index contributed by atoms with van der Waals surface area (Å²) in [4.78, 5) is 11.3. The first-order valence-corrected chi connectivity index (χ1v) is 20.5. The van der Waals surface area contributed by atoms with Gasteiger partial charge in [-0.25, -0.2) is 0 Å². The summed E-state index contributed by atoms with van der Waals surface area (Å²) < 4.78 is 25.0. The molecule has 5 aliphatic rings. The first-order valence-electron chi connectivity index (χ1n) is 20.5. The van der Waals surface area contributed by atoms with Gasteiger partial charge in [-0.2, -0.15) is 0 Å². The minimum Gasteiger partial charge on any atom is -0.436 e. The number of rotatable bonds is 10. The normalized spacial score (nSPS) is 24.9. The molecule has 4 unspecified atom stereocenters. The van der Waals surface area contributed by atoms with Gasteiger partial charge in [-0.3, -0.25) is 4.79 Å². The van der Waals surface area contributed by atoms with Gasteiger partial charge in [-0.05, 0) is 134 Å². The maximum atomic E-state index is 11.3. The van der Waals surface area contributed by atoms with Crippen LogP contribution in [0.4, 0.5) is 0 Å². The highest BCUT2D eigenvalue weighted by Crippen LogP contribution is 2.26. The molecule has 9 nitrogen and oxygen atoms in total. The Labute approximate surface area is 315 Å². The highest BCUT2D eigenvalue weighted by Gasteiger charge is 2.17. The van der Waals surface area contributed by atoms with E-state index in [0.29, 0.717) is 6.42 Å². The molecular formula is C43H72O9. The van der Waals surface area contributed by atoms with E-state index in [0.717, 1.165) is 122 Å². The molecule has 52 heavy (non-hydrogen) atoms. The van der Waals surface area contributed by atoms with Crippen LogP contribution in [0.25, 0.3) is 0 Å². The Hall–Kier alpha value is -2.11. The lowest BCUT2D eigenvalue weighted by molar-refractivity contribution is -0.186. The third-order valence-corrected chi connectivity index (χ3v) is 9.34. The van der Waals surface area contributed by atoms with Gasteiger partial charge in [-0.15, -0.1) is 0 Å². The van der Waals surface area contributed by atoms with Crippen molar-refractivity contribution in [3.05, 3.63) is 60.2 Å². The fourth-order valence-corrected chi connectivity index (χ4v) is 6.22. The maximum Gasteiger partial charge on any atom is 0.308 e. The lowest BCUT2D eigenvalue weighted by Gasteiger charge is -2.22. The van der Waals surface area contributed by atoms with Crippen LogP contribution in [0.5, 0.6) is 0 Å². The number of esters is 1. The van der Waals surface area contributed by atoms with Crippen LogP contribution in [0.15, 0.2) is 54.6 Å². The lowest BCUT2D eigenvalue weighted by atomic mass is 10.1. The fourth-order valence-electron chi connectivity index (χ4n) is 6.22. The molecule has 0 amide bonds. The van der Waals surface area contributed by atoms with Crippen molar-refractivity contribution in [1.29, 1.82) is 0 Å². The number of aliphatic hydroxyl groups excluding tert-OH is 3. The van der Waals surface area contributed by atoms with Gasteiger partial charge in [0.15, 0.2) is 18.9 Å². The molecule has 0 spiro atoms. The minimum atomic E-state index is -0.464. The molecule has 0 aromatic heterocycles. The molecule has 4 heterocycles. The number of hydrogen-bond donors (Lipinski definition) is 3. The van der Waals surface area contributed by atoms with Crippen LogP contribution in [0, 0.1) is 5.92 Å². The Morgan fingerprint density at radius 2 is 1.15 bits per heavy atom. The van der Waals surface area contributed by atoms with Crippen molar-refractivity contribution in [1.82, 2.24) is 0 Å². The van der Waals surface area contributed by atoms with E-state index in [1.54, 1.807) is 0 Å². The first-order chi connectivity index (χ1) is 25.5. The highest BCUT2D eigenvalue weighted by atomic mass is 16.7. The topological polar surface area (TPSA) is 124 Å². The zero-order chi connectivity index (χ0) is 37.3. The van der Waals surface area contributed by atoms with Crippen molar-refractivity contribution in [3.63, 3.8) is 0 Å². The second kappa shape index (κ2) is 32.3. The van der Waals surface area contributed by atoms with Gasteiger partial charge in [0.2, 0.25) is 6.29 Å². The SMILES string of the molecule is C(=C\C1CCCC1)/CCCc1ccccc1.C/C=C\CCCC(=O)OC1CCCCO1.OC1CCCCO1.OC1CCCCO1.OC1CCCCO1. The first kappa shape index (κ1) is 46.0. The van der Waals surface area contributed by atoms with Crippen molar-refractivity contribution in [2.24, 2.45) is 5.92 Å². The Morgan fingerprint density at radius 3 is 1.60 bits per heavy atom. The summed E-state index contributed by atoms with van der Waals surface area (Å²) in [6, 6.07) is 10.8. The Morgan fingerprint density at radius 1 is 0.654 bits per heavy atom. The number of benzene rings is 1. The molecule has 1 aromatic carbocycles. The van der Waals surface area contributed by atoms with Gasteiger partial charge >= 0.3 is 5.97 Å². The van der Waals surface area contributed by atoms with Gasteiger partial charge < -0.3 is 39.0 Å². The van der Waals surface area contributed by atoms with Crippen LogP contribution >= 0.6 is 0 Å². The molecule has 4 atom stereocenters. The third-order valence-electron chi connectivity index (χ3n) is 9.34. The van der Waals surface area contributed by atoms with Crippen LogP contribution in [0.2, 0.25) is 0 Å². The molecule has 1 aliphatic carbocycles. The van der Waals surface area contributed by atoms with E-state index in [1.165, 1.54) is 50.5 Å². The summed E-state index contributed by atoms with van der Waals surface area (Å²) in [6.07, 6.45) is 31.1. The maximum absolute atomic E-state index is 11.3. The molecular weight excluding hydrogens is 660 g/mol. The van der Waals surface area contributed by atoms with E-state index in [4.69, 9.17) is 39.0 Å². The number of carbonyl (C=O) groups is 1. The van der Waals surface area contributed by atoms with Crippen molar-refractivity contribution < 1.29 is 43.8 Å². The fraction of sp³-hybridized carbons (Fsp3) is 0.744. The van der Waals surface area contributed by atoms with Crippen molar-refractivity contribution in [2.75, 3.05) is 26.4 Å². The van der Waals surface area contributed by atoms with E-state index in [2.05, 4.69) is 48.6 Å². The summed E-state index contributed by atoms with van der Waals surface area (Å²) in [6.45, 7) is 4.91. The molecule has 0 bridgehead atoms. The molecule has 6 rings (SSSR count). The molecule has 298 valence electrons. The number of carbonyl (C=O) groups excluding carboxylic acids is 1. The second-order valence-electron chi connectivity index (χ2n) is 14.1. The largest absolute Gasteiger partial charge is 0.436 e. The summed E-state index contributed by atoms with van der Waals surface area (Å²) >= 11 is 0. The number of unbranched alkanes of at least 4 members (excludes halogenated alkanes) is 2. The Balaban J connectivity index is 0.000000237. The van der Waals surface area contributed by atoms with Crippen molar-refractivity contribution in [3.8, 4) is 0 Å². The highest BCUT2D eigenvalue weighted by molar-refractivity contribution is 5.69. The van der Waals surface area contributed by atoms with Gasteiger partial charge in [0.05, 0.1) is 6.61 Å². The number of ether oxygens (including phenoxy) is 5. The Bertz CT molecular complexity index is 949. The minimum absolute atomic E-state index is 0.133. The van der Waals surface area contributed by atoms with Crippen molar-refractivity contribution >= 4 is 5.97 Å². The summed E-state index contributed by atoms with van der Waals surface area (Å²) in [5.74, 6) is 0.767. The van der Waals surface area contributed by atoms with Crippen LogP contribution < -0.4 is 0 Å². The molecule has 9 heteroatoms. The Kier molecular flexibility index (Phi) is 28.6. The van der Waals surface area contributed by atoms with Crippen molar-refractivity contribution in [2.45, 2.75) is 173 Å².